The molecule has 0 saturated heterocycles. The van der Waals surface area contributed by atoms with E-state index in [4.69, 9.17) is 0 Å². The Morgan fingerprint density at radius 1 is 1.44 bits per heavy atom. The van der Waals surface area contributed by atoms with Gasteiger partial charge < -0.3 is 9.47 Å². The van der Waals surface area contributed by atoms with Crippen molar-refractivity contribution in [2.75, 3.05) is 0 Å². The highest BCUT2D eigenvalue weighted by Gasteiger charge is 2.28. The van der Waals surface area contributed by atoms with Crippen LogP contribution in [0.4, 0.5) is 0 Å². The first-order valence-electron chi connectivity index (χ1n) is 6.43. The van der Waals surface area contributed by atoms with Crippen LogP contribution in [0.1, 0.15) is 26.1 Å². The number of amides is 1. The van der Waals surface area contributed by atoms with E-state index in [1.165, 1.54) is 0 Å². The molecule has 0 radical (unpaired) electrons. The van der Waals surface area contributed by atoms with Crippen molar-refractivity contribution in [3.8, 4) is 0 Å². The summed E-state index contributed by atoms with van der Waals surface area (Å²) in [4.78, 5) is 18.6. The first-order chi connectivity index (χ1) is 8.70. The summed E-state index contributed by atoms with van der Waals surface area (Å²) in [5, 5.41) is 0. The van der Waals surface area contributed by atoms with Gasteiger partial charge in [0.05, 0.1) is 24.2 Å². The third-order valence-corrected chi connectivity index (χ3v) is 3.72. The van der Waals surface area contributed by atoms with E-state index in [-0.39, 0.29) is 11.8 Å². The van der Waals surface area contributed by atoms with E-state index >= 15 is 0 Å². The fourth-order valence-corrected chi connectivity index (χ4v) is 2.43. The lowest BCUT2D eigenvalue weighted by molar-refractivity contribution is -0.136. The number of rotatable bonds is 2. The predicted octanol–water partition coefficient (Wildman–Crippen LogP) is 2.38. The van der Waals surface area contributed by atoms with Gasteiger partial charge in [0.2, 0.25) is 5.91 Å². The normalized spacial score (nSPS) is 16.0. The number of nitrogens with zero attached hydrogens (tertiary/aromatic N) is 3. The topological polar surface area (TPSA) is 38.1 Å². The smallest absolute Gasteiger partial charge is 0.227 e. The second-order valence-electron chi connectivity index (χ2n) is 4.93. The lowest BCUT2D eigenvalue weighted by Crippen LogP contribution is -2.31. The molecule has 4 nitrogen and oxygen atoms in total. The fourth-order valence-electron chi connectivity index (χ4n) is 2.43. The van der Waals surface area contributed by atoms with Gasteiger partial charge >= 0.3 is 0 Å². The molecule has 1 aliphatic heterocycles. The average molecular weight is 243 g/mol. The van der Waals surface area contributed by atoms with Gasteiger partial charge in [0.1, 0.15) is 5.82 Å². The van der Waals surface area contributed by atoms with E-state index in [0.29, 0.717) is 13.2 Å². The highest BCUT2D eigenvalue weighted by Crippen LogP contribution is 2.24. The van der Waals surface area contributed by atoms with Crippen LogP contribution in [0.2, 0.25) is 0 Å². The van der Waals surface area contributed by atoms with Crippen molar-refractivity contribution in [1.29, 1.82) is 0 Å². The Bertz CT molecular complexity index is 602. The zero-order valence-electron chi connectivity index (χ0n) is 10.8. The van der Waals surface area contributed by atoms with Crippen LogP contribution < -0.4 is 0 Å². The maximum Gasteiger partial charge on any atom is 0.227 e. The number of carbonyl (C=O) groups is 1. The molecule has 1 atom stereocenters. The van der Waals surface area contributed by atoms with Crippen molar-refractivity contribution in [3.05, 3.63) is 30.1 Å². The molecular formula is C14H17N3O. The van der Waals surface area contributed by atoms with Gasteiger partial charge in [-0.2, -0.15) is 0 Å². The lowest BCUT2D eigenvalue weighted by Gasteiger charge is -2.19. The van der Waals surface area contributed by atoms with Crippen molar-refractivity contribution in [2.24, 2.45) is 5.92 Å². The molecule has 0 unspecified atom stereocenters. The van der Waals surface area contributed by atoms with E-state index in [2.05, 4.69) is 15.6 Å². The number of aromatic nitrogens is 2. The Morgan fingerprint density at radius 2 is 2.22 bits per heavy atom. The van der Waals surface area contributed by atoms with E-state index < -0.39 is 0 Å². The number of imidazole rings is 1. The fraction of sp³-hybridized carbons (Fsp3) is 0.429. The Labute approximate surface area is 106 Å². The standard InChI is InChI=1S/C14H17N3O/c1-3-10(2)14(18)16-8-13-15-11-6-4-5-7-12(11)17(13)9-16/h4-7,10H,3,8-9H2,1-2H3/t10-/m0/s1. The zero-order valence-corrected chi connectivity index (χ0v) is 10.8. The highest BCUT2D eigenvalue weighted by molar-refractivity contribution is 5.80. The van der Waals surface area contributed by atoms with E-state index in [0.717, 1.165) is 23.3 Å². The number of hydrogen-bond donors (Lipinski definition) is 0. The summed E-state index contributed by atoms with van der Waals surface area (Å²) in [5.74, 6) is 1.32. The van der Waals surface area contributed by atoms with E-state index in [1.807, 2.05) is 36.9 Å². The van der Waals surface area contributed by atoms with Crippen LogP contribution in [0.3, 0.4) is 0 Å². The minimum atomic E-state index is 0.0980. The van der Waals surface area contributed by atoms with Gasteiger partial charge in [-0.3, -0.25) is 4.79 Å². The summed E-state index contributed by atoms with van der Waals surface area (Å²) in [7, 11) is 0. The maximum atomic E-state index is 12.2. The van der Waals surface area contributed by atoms with Crippen molar-refractivity contribution >= 4 is 16.9 Å². The molecule has 94 valence electrons. The summed E-state index contributed by atoms with van der Waals surface area (Å²) in [5.41, 5.74) is 2.13. The van der Waals surface area contributed by atoms with Crippen LogP contribution in [-0.2, 0) is 18.0 Å². The minimum Gasteiger partial charge on any atom is -0.317 e. The molecule has 1 aliphatic rings. The lowest BCUT2D eigenvalue weighted by atomic mass is 10.1. The summed E-state index contributed by atoms with van der Waals surface area (Å²) >= 11 is 0. The molecule has 1 aromatic carbocycles. The molecule has 2 aromatic rings. The number of carbonyl (C=O) groups excluding carboxylic acids is 1. The molecule has 0 bridgehead atoms. The molecular weight excluding hydrogens is 226 g/mol. The van der Waals surface area contributed by atoms with Gasteiger partial charge in [0.25, 0.3) is 0 Å². The minimum absolute atomic E-state index is 0.0980. The molecule has 1 amide bonds. The van der Waals surface area contributed by atoms with E-state index in [1.54, 1.807) is 0 Å². The summed E-state index contributed by atoms with van der Waals surface area (Å²) in [6, 6.07) is 8.08. The quantitative estimate of drug-likeness (QED) is 0.812. The van der Waals surface area contributed by atoms with E-state index in [9.17, 15) is 4.79 Å². The zero-order chi connectivity index (χ0) is 12.7. The van der Waals surface area contributed by atoms with Crippen LogP contribution in [-0.4, -0.2) is 20.4 Å². The number of hydrogen-bond acceptors (Lipinski definition) is 2. The summed E-state index contributed by atoms with van der Waals surface area (Å²) < 4.78 is 2.13. The maximum absolute atomic E-state index is 12.2. The first kappa shape index (κ1) is 11.3. The number of benzene rings is 1. The Balaban J connectivity index is 1.90. The van der Waals surface area contributed by atoms with Crippen LogP contribution in [0.25, 0.3) is 11.0 Å². The molecule has 0 spiro atoms. The van der Waals surface area contributed by atoms with Gasteiger partial charge in [-0.05, 0) is 18.6 Å². The Morgan fingerprint density at radius 3 is 3.00 bits per heavy atom. The SMILES string of the molecule is CC[C@H](C)C(=O)N1Cc2nc3ccccc3n2C1. The van der Waals surface area contributed by atoms with Crippen LogP contribution in [0, 0.1) is 5.92 Å². The molecule has 0 saturated carbocycles. The van der Waals surface area contributed by atoms with Gasteiger partial charge in [0, 0.05) is 5.92 Å². The Hall–Kier alpha value is -1.84. The molecule has 1 aromatic heterocycles. The monoisotopic (exact) mass is 243 g/mol. The third kappa shape index (κ3) is 1.60. The van der Waals surface area contributed by atoms with Crippen molar-refractivity contribution in [3.63, 3.8) is 0 Å². The van der Waals surface area contributed by atoms with Crippen LogP contribution in [0.5, 0.6) is 0 Å². The molecule has 0 fully saturated rings. The second-order valence-corrected chi connectivity index (χ2v) is 4.93. The van der Waals surface area contributed by atoms with Crippen molar-refractivity contribution in [2.45, 2.75) is 33.5 Å². The van der Waals surface area contributed by atoms with Gasteiger partial charge in [-0.25, -0.2) is 4.98 Å². The number of para-hydroxylation sites is 2. The van der Waals surface area contributed by atoms with Crippen LogP contribution in [0.15, 0.2) is 24.3 Å². The van der Waals surface area contributed by atoms with Gasteiger partial charge in [-0.1, -0.05) is 26.0 Å². The van der Waals surface area contributed by atoms with Gasteiger partial charge in [0.15, 0.2) is 0 Å². The third-order valence-electron chi connectivity index (χ3n) is 3.72. The van der Waals surface area contributed by atoms with Crippen LogP contribution >= 0.6 is 0 Å². The molecule has 18 heavy (non-hydrogen) atoms. The predicted molar refractivity (Wildman–Crippen MR) is 69.7 cm³/mol. The first-order valence-corrected chi connectivity index (χ1v) is 6.43. The second kappa shape index (κ2) is 4.12. The molecule has 2 heterocycles. The molecule has 0 N–H and O–H groups in total. The summed E-state index contributed by atoms with van der Waals surface area (Å²) in [6.45, 7) is 5.31. The molecule has 0 aliphatic carbocycles. The highest BCUT2D eigenvalue weighted by atomic mass is 16.2. The average Bonchev–Trinajstić information content (AvgIpc) is 2.94. The van der Waals surface area contributed by atoms with Crippen molar-refractivity contribution in [1.82, 2.24) is 14.5 Å². The van der Waals surface area contributed by atoms with Gasteiger partial charge in [-0.15, -0.1) is 0 Å². The van der Waals surface area contributed by atoms with Crippen molar-refractivity contribution < 1.29 is 4.79 Å². The largest absolute Gasteiger partial charge is 0.317 e. The molecule has 4 heteroatoms. The summed E-state index contributed by atoms with van der Waals surface area (Å²) in [6.07, 6.45) is 0.887. The Kier molecular flexibility index (Phi) is 2.58. The molecule has 3 rings (SSSR count). The number of fused-ring (bicyclic) bond motifs is 3.